The van der Waals surface area contributed by atoms with E-state index in [9.17, 15) is 18.0 Å². The number of aryl methyl sites for hydroxylation is 3. The fourth-order valence-corrected chi connectivity index (χ4v) is 3.83. The van der Waals surface area contributed by atoms with E-state index < -0.39 is 22.6 Å². The number of hydrogen-bond donors (Lipinski definition) is 0. The number of carbonyl (C=O) groups is 2. The Balaban J connectivity index is 2.24. The molecule has 0 radical (unpaired) electrons. The monoisotopic (exact) mass is 419 g/mol. The minimum atomic E-state index is -3.83. The summed E-state index contributed by atoms with van der Waals surface area (Å²) in [5, 5.41) is 0. The molecule has 8 heteroatoms. The Morgan fingerprint density at radius 3 is 2.17 bits per heavy atom. The second-order valence-electron chi connectivity index (χ2n) is 6.90. The minimum Gasteiger partial charge on any atom is -0.495 e. The molecule has 0 unspecified atom stereocenters. The van der Waals surface area contributed by atoms with E-state index >= 15 is 0 Å². The highest BCUT2D eigenvalue weighted by molar-refractivity contribution is 7.89. The molecular weight excluding hydrogens is 394 g/mol. The van der Waals surface area contributed by atoms with Gasteiger partial charge in [0.25, 0.3) is 0 Å². The van der Waals surface area contributed by atoms with E-state index in [0.29, 0.717) is 5.56 Å². The van der Waals surface area contributed by atoms with E-state index in [2.05, 4.69) is 0 Å². The first-order chi connectivity index (χ1) is 13.5. The molecular formula is C21H25NO6S. The van der Waals surface area contributed by atoms with Crippen LogP contribution in [0.2, 0.25) is 0 Å². The van der Waals surface area contributed by atoms with Gasteiger partial charge in [-0.15, -0.1) is 0 Å². The van der Waals surface area contributed by atoms with Gasteiger partial charge in [0.15, 0.2) is 6.61 Å². The Hall–Kier alpha value is -2.71. The number of esters is 1. The van der Waals surface area contributed by atoms with Crippen LogP contribution >= 0.6 is 0 Å². The largest absolute Gasteiger partial charge is 0.495 e. The Morgan fingerprint density at radius 2 is 1.59 bits per heavy atom. The normalized spacial score (nSPS) is 11.4. The van der Waals surface area contributed by atoms with Gasteiger partial charge in [0.2, 0.25) is 15.8 Å². The maximum atomic E-state index is 12.5. The molecule has 0 heterocycles. The molecule has 0 fully saturated rings. The topological polar surface area (TPSA) is 90.0 Å². The molecule has 0 aliphatic carbocycles. The summed E-state index contributed by atoms with van der Waals surface area (Å²) in [7, 11) is 0.268. The summed E-state index contributed by atoms with van der Waals surface area (Å²) in [6.45, 7) is 5.24. The SMILES string of the molecule is COc1ccc(C(=O)OCC(=O)c2cc(C)c(C)cc2C)cc1S(=O)(=O)N(C)C. The average Bonchev–Trinajstić information content (AvgIpc) is 2.67. The second-order valence-corrected chi connectivity index (χ2v) is 9.02. The molecule has 0 saturated carbocycles. The lowest BCUT2D eigenvalue weighted by molar-refractivity contribution is 0.0474. The molecule has 0 bridgehead atoms. The maximum Gasteiger partial charge on any atom is 0.338 e. The number of Topliss-reactive ketones (excluding diaryl/α,β-unsaturated/α-hetero) is 1. The lowest BCUT2D eigenvalue weighted by Gasteiger charge is -2.15. The van der Waals surface area contributed by atoms with Crippen LogP contribution in [0.25, 0.3) is 0 Å². The third-order valence-corrected chi connectivity index (χ3v) is 6.47. The summed E-state index contributed by atoms with van der Waals surface area (Å²) < 4.78 is 36.2. The standard InChI is InChI=1S/C21H25NO6S/c1-13-9-15(3)17(10-14(13)2)18(23)12-28-21(24)16-7-8-19(27-6)20(11-16)29(25,26)22(4)5/h7-11H,12H2,1-6H3. The molecule has 2 aromatic carbocycles. The van der Waals surface area contributed by atoms with E-state index in [1.54, 1.807) is 6.07 Å². The number of carbonyl (C=O) groups excluding carboxylic acids is 2. The van der Waals surface area contributed by atoms with Crippen LogP contribution in [0.1, 0.15) is 37.4 Å². The number of methoxy groups -OCH3 is 1. The van der Waals surface area contributed by atoms with Crippen LogP contribution in [0.4, 0.5) is 0 Å². The van der Waals surface area contributed by atoms with Crippen molar-refractivity contribution in [3.63, 3.8) is 0 Å². The number of ether oxygens (including phenoxy) is 2. The summed E-state index contributed by atoms with van der Waals surface area (Å²) in [6.07, 6.45) is 0. The summed E-state index contributed by atoms with van der Waals surface area (Å²) in [5.41, 5.74) is 3.35. The maximum absolute atomic E-state index is 12.5. The third kappa shape index (κ3) is 4.83. The molecule has 0 aromatic heterocycles. The number of nitrogens with zero attached hydrogens (tertiary/aromatic N) is 1. The van der Waals surface area contributed by atoms with Gasteiger partial charge in [0.05, 0.1) is 12.7 Å². The van der Waals surface area contributed by atoms with Gasteiger partial charge in [-0.3, -0.25) is 4.79 Å². The first-order valence-electron chi connectivity index (χ1n) is 8.87. The van der Waals surface area contributed by atoms with Crippen molar-refractivity contribution in [1.82, 2.24) is 4.31 Å². The predicted octanol–water partition coefficient (Wildman–Crippen LogP) is 2.91. The van der Waals surface area contributed by atoms with Gasteiger partial charge in [0, 0.05) is 19.7 Å². The van der Waals surface area contributed by atoms with Crippen molar-refractivity contribution in [3.05, 3.63) is 58.1 Å². The zero-order valence-electron chi connectivity index (χ0n) is 17.4. The van der Waals surface area contributed by atoms with Crippen molar-refractivity contribution in [1.29, 1.82) is 0 Å². The molecule has 156 valence electrons. The molecule has 0 amide bonds. The molecule has 0 saturated heterocycles. The molecule has 29 heavy (non-hydrogen) atoms. The van der Waals surface area contributed by atoms with Gasteiger partial charge < -0.3 is 9.47 Å². The number of benzene rings is 2. The first-order valence-corrected chi connectivity index (χ1v) is 10.3. The summed E-state index contributed by atoms with van der Waals surface area (Å²) in [5.74, 6) is -1.01. The van der Waals surface area contributed by atoms with Crippen LogP contribution in [0.3, 0.4) is 0 Å². The number of ketones is 1. The fraction of sp³-hybridized carbons (Fsp3) is 0.333. The first kappa shape index (κ1) is 22.6. The lowest BCUT2D eigenvalue weighted by Crippen LogP contribution is -2.23. The van der Waals surface area contributed by atoms with Crippen molar-refractivity contribution in [2.24, 2.45) is 0 Å². The fourth-order valence-electron chi connectivity index (χ4n) is 2.76. The minimum absolute atomic E-state index is 0.0100. The number of sulfonamides is 1. The van der Waals surface area contributed by atoms with Gasteiger partial charge in [-0.05, 0) is 61.7 Å². The van der Waals surface area contributed by atoms with Crippen LogP contribution < -0.4 is 4.74 Å². The Bertz CT molecular complexity index is 1060. The molecule has 0 N–H and O–H groups in total. The molecule has 7 nitrogen and oxygen atoms in total. The van der Waals surface area contributed by atoms with Crippen molar-refractivity contribution in [3.8, 4) is 5.75 Å². The van der Waals surface area contributed by atoms with Gasteiger partial charge in [-0.1, -0.05) is 6.07 Å². The second kappa shape index (κ2) is 8.75. The van der Waals surface area contributed by atoms with Crippen LogP contribution in [-0.2, 0) is 14.8 Å². The molecule has 2 aromatic rings. The van der Waals surface area contributed by atoms with E-state index in [0.717, 1.165) is 21.0 Å². The average molecular weight is 419 g/mol. The van der Waals surface area contributed by atoms with Gasteiger partial charge in [-0.2, -0.15) is 0 Å². The highest BCUT2D eigenvalue weighted by Crippen LogP contribution is 2.27. The van der Waals surface area contributed by atoms with Crippen LogP contribution in [0, 0.1) is 20.8 Å². The third-order valence-electron chi connectivity index (χ3n) is 4.63. The highest BCUT2D eigenvalue weighted by Gasteiger charge is 2.24. The van der Waals surface area contributed by atoms with Crippen molar-refractivity contribution in [2.75, 3.05) is 27.8 Å². The highest BCUT2D eigenvalue weighted by atomic mass is 32.2. The van der Waals surface area contributed by atoms with Crippen LogP contribution in [0.15, 0.2) is 35.2 Å². The zero-order chi connectivity index (χ0) is 21.9. The van der Waals surface area contributed by atoms with Gasteiger partial charge >= 0.3 is 5.97 Å². The van der Waals surface area contributed by atoms with E-state index in [1.165, 1.54) is 39.4 Å². The van der Waals surface area contributed by atoms with Gasteiger partial charge in [0.1, 0.15) is 10.6 Å². The van der Waals surface area contributed by atoms with E-state index in [-0.39, 0.29) is 22.0 Å². The van der Waals surface area contributed by atoms with Gasteiger partial charge in [-0.25, -0.2) is 17.5 Å². The van der Waals surface area contributed by atoms with Crippen LogP contribution in [-0.4, -0.2) is 52.3 Å². The Morgan fingerprint density at radius 1 is 0.966 bits per heavy atom. The van der Waals surface area contributed by atoms with Crippen LogP contribution in [0.5, 0.6) is 5.75 Å². The van der Waals surface area contributed by atoms with E-state index in [1.807, 2.05) is 26.8 Å². The summed E-state index contributed by atoms with van der Waals surface area (Å²) >= 11 is 0. The Kier molecular flexibility index (Phi) is 6.81. The van der Waals surface area contributed by atoms with E-state index in [4.69, 9.17) is 9.47 Å². The van der Waals surface area contributed by atoms with Crippen molar-refractivity contribution >= 4 is 21.8 Å². The number of hydrogen-bond acceptors (Lipinski definition) is 6. The molecule has 0 aliphatic rings. The zero-order valence-corrected chi connectivity index (χ0v) is 18.2. The summed E-state index contributed by atoms with van der Waals surface area (Å²) in [4.78, 5) is 24.7. The molecule has 0 atom stereocenters. The predicted molar refractivity (Wildman–Crippen MR) is 109 cm³/mol. The quantitative estimate of drug-likeness (QED) is 0.506. The Labute approximate surface area is 171 Å². The molecule has 2 rings (SSSR count). The lowest BCUT2D eigenvalue weighted by atomic mass is 9.98. The smallest absolute Gasteiger partial charge is 0.338 e. The van der Waals surface area contributed by atoms with Crippen molar-refractivity contribution in [2.45, 2.75) is 25.7 Å². The van der Waals surface area contributed by atoms with Crippen molar-refractivity contribution < 1.29 is 27.5 Å². The summed E-state index contributed by atoms with van der Waals surface area (Å²) in [6, 6.07) is 7.63. The number of rotatable bonds is 7. The molecule has 0 spiro atoms. The molecule has 0 aliphatic heterocycles.